The van der Waals surface area contributed by atoms with E-state index in [2.05, 4.69) is 29.6 Å². The Morgan fingerprint density at radius 2 is 1.68 bits per heavy atom. The first-order valence-electron chi connectivity index (χ1n) is 10.6. The largest absolute Gasteiger partial charge is 0.326 e. The fourth-order valence-corrected chi connectivity index (χ4v) is 3.89. The summed E-state index contributed by atoms with van der Waals surface area (Å²) < 4.78 is 0. The van der Waals surface area contributed by atoms with E-state index in [1.165, 1.54) is 11.1 Å². The van der Waals surface area contributed by atoms with Gasteiger partial charge in [-0.2, -0.15) is 0 Å². The maximum absolute atomic E-state index is 12.9. The lowest BCUT2D eigenvalue weighted by atomic mass is 9.96. The summed E-state index contributed by atoms with van der Waals surface area (Å²) in [6, 6.07) is 16.2. The summed E-state index contributed by atoms with van der Waals surface area (Å²) in [5, 5.41) is 11.7. The van der Waals surface area contributed by atoms with Gasteiger partial charge in [-0.15, -0.1) is 0 Å². The molecule has 0 spiro atoms. The van der Waals surface area contributed by atoms with Gasteiger partial charge < -0.3 is 5.32 Å². The molecule has 7 heteroatoms. The molecule has 2 aromatic rings. The molecule has 31 heavy (non-hydrogen) atoms. The van der Waals surface area contributed by atoms with E-state index in [0.717, 1.165) is 16.9 Å². The average molecular weight is 424 g/mol. The van der Waals surface area contributed by atoms with Crippen molar-refractivity contribution in [2.75, 3.05) is 0 Å². The highest BCUT2D eigenvalue weighted by Crippen LogP contribution is 2.22. The number of carbonyl (C=O) groups excluding carboxylic acids is 3. The molecule has 1 saturated heterocycles. The molecule has 3 atom stereocenters. The van der Waals surface area contributed by atoms with Crippen molar-refractivity contribution in [2.45, 2.75) is 51.6 Å². The average Bonchev–Trinajstić information content (AvgIpc) is 3.07. The Balaban J connectivity index is 1.61. The number of aryl methyl sites for hydroxylation is 1. The summed E-state index contributed by atoms with van der Waals surface area (Å²) >= 11 is 0. The highest BCUT2D eigenvalue weighted by atomic mass is 16.5. The quantitative estimate of drug-likeness (QED) is 0.328. The Hall–Kier alpha value is -3.19. The number of rotatable bonds is 9. The fraction of sp³-hybridized carbons (Fsp3) is 0.375. The number of nitrogens with one attached hydrogen (secondary N) is 2. The summed E-state index contributed by atoms with van der Waals surface area (Å²) in [5.41, 5.74) is 5.11. The fourth-order valence-electron chi connectivity index (χ4n) is 3.89. The zero-order valence-corrected chi connectivity index (χ0v) is 17.9. The Kier molecular flexibility index (Phi) is 7.41. The van der Waals surface area contributed by atoms with Gasteiger partial charge in [-0.3, -0.25) is 14.8 Å². The third-order valence-corrected chi connectivity index (χ3v) is 5.89. The van der Waals surface area contributed by atoms with Gasteiger partial charge in [-0.1, -0.05) is 74.9 Å². The molecular formula is C24H29N3O4. The molecule has 3 N–H and O–H groups in total. The van der Waals surface area contributed by atoms with E-state index in [1.54, 1.807) is 12.4 Å². The van der Waals surface area contributed by atoms with Crippen molar-refractivity contribution in [1.29, 1.82) is 0 Å². The van der Waals surface area contributed by atoms with Crippen molar-refractivity contribution < 1.29 is 19.6 Å². The SMILES string of the molecule is CCC(C)C(C(=O)NO)N1C(=O)NC(CCc2ccc(Cc3ccccc3)cc2)C1=O. The molecule has 1 heterocycles. The maximum atomic E-state index is 12.9. The van der Waals surface area contributed by atoms with Gasteiger partial charge in [0.15, 0.2) is 0 Å². The monoisotopic (exact) mass is 423 g/mol. The second kappa shape index (κ2) is 10.2. The summed E-state index contributed by atoms with van der Waals surface area (Å²) in [6.07, 6.45) is 2.50. The molecule has 0 aromatic heterocycles. The van der Waals surface area contributed by atoms with Gasteiger partial charge >= 0.3 is 6.03 Å². The zero-order chi connectivity index (χ0) is 22.4. The second-order valence-corrected chi connectivity index (χ2v) is 8.03. The maximum Gasteiger partial charge on any atom is 0.325 e. The topological polar surface area (TPSA) is 98.7 Å². The molecule has 3 unspecified atom stereocenters. The molecular weight excluding hydrogens is 394 g/mol. The number of hydrogen-bond donors (Lipinski definition) is 3. The normalized spacial score (nSPS) is 17.9. The van der Waals surface area contributed by atoms with Crippen LogP contribution in [-0.2, 0) is 22.4 Å². The minimum absolute atomic E-state index is 0.280. The van der Waals surface area contributed by atoms with Crippen molar-refractivity contribution in [1.82, 2.24) is 15.7 Å². The van der Waals surface area contributed by atoms with E-state index in [0.29, 0.717) is 19.3 Å². The van der Waals surface area contributed by atoms with Crippen molar-refractivity contribution in [3.63, 3.8) is 0 Å². The van der Waals surface area contributed by atoms with Crippen molar-refractivity contribution in [3.05, 3.63) is 71.3 Å². The predicted molar refractivity (Wildman–Crippen MR) is 116 cm³/mol. The van der Waals surface area contributed by atoms with Gasteiger partial charge in [0, 0.05) is 0 Å². The van der Waals surface area contributed by atoms with E-state index in [1.807, 2.05) is 37.3 Å². The lowest BCUT2D eigenvalue weighted by Gasteiger charge is -2.28. The number of carbonyl (C=O) groups is 3. The van der Waals surface area contributed by atoms with Crippen LogP contribution in [0.15, 0.2) is 54.6 Å². The molecule has 164 valence electrons. The minimum Gasteiger partial charge on any atom is -0.326 e. The van der Waals surface area contributed by atoms with E-state index >= 15 is 0 Å². The number of imide groups is 1. The third kappa shape index (κ3) is 5.30. The van der Waals surface area contributed by atoms with Crippen LogP contribution in [0.4, 0.5) is 4.79 Å². The first-order valence-corrected chi connectivity index (χ1v) is 10.6. The number of hydrogen-bond acceptors (Lipinski definition) is 4. The van der Waals surface area contributed by atoms with Crippen molar-refractivity contribution >= 4 is 17.8 Å². The summed E-state index contributed by atoms with van der Waals surface area (Å²) in [7, 11) is 0. The second-order valence-electron chi connectivity index (χ2n) is 8.03. The van der Waals surface area contributed by atoms with Crippen LogP contribution in [0.2, 0.25) is 0 Å². The summed E-state index contributed by atoms with van der Waals surface area (Å²) in [4.78, 5) is 38.4. The molecule has 1 fully saturated rings. The van der Waals surface area contributed by atoms with Crippen LogP contribution >= 0.6 is 0 Å². The Bertz CT molecular complexity index is 914. The van der Waals surface area contributed by atoms with Gasteiger partial charge in [0.1, 0.15) is 12.1 Å². The molecule has 1 aliphatic rings. The smallest absolute Gasteiger partial charge is 0.325 e. The van der Waals surface area contributed by atoms with E-state index in [4.69, 9.17) is 5.21 Å². The van der Waals surface area contributed by atoms with Crippen LogP contribution in [0.1, 0.15) is 43.4 Å². The number of benzene rings is 2. The number of nitrogens with zero attached hydrogens (tertiary/aromatic N) is 1. The predicted octanol–water partition coefficient (Wildman–Crippen LogP) is 3.05. The van der Waals surface area contributed by atoms with Gasteiger partial charge in [0.25, 0.3) is 11.8 Å². The highest BCUT2D eigenvalue weighted by Gasteiger charge is 2.45. The minimum atomic E-state index is -1.04. The molecule has 0 radical (unpaired) electrons. The first-order chi connectivity index (χ1) is 14.9. The highest BCUT2D eigenvalue weighted by molar-refractivity contribution is 6.07. The lowest BCUT2D eigenvalue weighted by molar-refractivity contribution is -0.142. The zero-order valence-electron chi connectivity index (χ0n) is 17.9. The summed E-state index contributed by atoms with van der Waals surface area (Å²) in [6.45, 7) is 3.63. The molecule has 0 bridgehead atoms. The van der Waals surface area contributed by atoms with E-state index in [-0.39, 0.29) is 5.92 Å². The molecule has 7 nitrogen and oxygen atoms in total. The molecule has 0 aliphatic carbocycles. The number of hydroxylamine groups is 1. The van der Waals surface area contributed by atoms with Crippen LogP contribution in [-0.4, -0.2) is 40.0 Å². The standard InChI is InChI=1S/C24H29N3O4/c1-3-16(2)21(22(28)26-31)27-23(29)20(25-24(27)30)14-13-17-9-11-19(12-10-17)15-18-7-5-4-6-8-18/h4-12,16,20-21,31H,3,13-15H2,1-2H3,(H,25,30)(H,26,28). The number of amides is 4. The van der Waals surface area contributed by atoms with Crippen LogP contribution in [0, 0.1) is 5.92 Å². The molecule has 3 rings (SSSR count). The third-order valence-electron chi connectivity index (χ3n) is 5.89. The first kappa shape index (κ1) is 22.5. The molecule has 4 amide bonds. The molecule has 1 aliphatic heterocycles. The summed E-state index contributed by atoms with van der Waals surface area (Å²) in [5.74, 6) is -1.47. The van der Waals surface area contributed by atoms with Gasteiger partial charge in [-0.25, -0.2) is 15.2 Å². The molecule has 0 saturated carbocycles. The Morgan fingerprint density at radius 3 is 2.29 bits per heavy atom. The van der Waals surface area contributed by atoms with Gasteiger partial charge in [0.05, 0.1) is 0 Å². The van der Waals surface area contributed by atoms with Crippen molar-refractivity contribution in [2.24, 2.45) is 5.92 Å². The Labute approximate surface area is 182 Å². The van der Waals surface area contributed by atoms with Crippen LogP contribution in [0.3, 0.4) is 0 Å². The van der Waals surface area contributed by atoms with E-state index < -0.39 is 29.9 Å². The van der Waals surface area contributed by atoms with E-state index in [9.17, 15) is 14.4 Å². The van der Waals surface area contributed by atoms with Gasteiger partial charge in [-0.05, 0) is 41.9 Å². The van der Waals surface area contributed by atoms with Gasteiger partial charge in [0.2, 0.25) is 0 Å². The van der Waals surface area contributed by atoms with Crippen molar-refractivity contribution in [3.8, 4) is 0 Å². The number of urea groups is 1. The van der Waals surface area contributed by atoms with Crippen LogP contribution < -0.4 is 10.8 Å². The van der Waals surface area contributed by atoms with Crippen LogP contribution in [0.5, 0.6) is 0 Å². The molecule has 2 aromatic carbocycles. The van der Waals surface area contributed by atoms with Crippen LogP contribution in [0.25, 0.3) is 0 Å². The lowest BCUT2D eigenvalue weighted by Crippen LogP contribution is -2.52. The Morgan fingerprint density at radius 1 is 1.06 bits per heavy atom.